The Morgan fingerprint density at radius 1 is 1.39 bits per heavy atom. The Labute approximate surface area is 140 Å². The molecule has 1 aliphatic rings. The fourth-order valence-electron chi connectivity index (χ4n) is 2.89. The van der Waals surface area contributed by atoms with E-state index in [2.05, 4.69) is 11.6 Å². The molecule has 1 aromatic carbocycles. The van der Waals surface area contributed by atoms with E-state index in [1.807, 2.05) is 11.8 Å². The molecule has 0 aromatic heterocycles. The van der Waals surface area contributed by atoms with Crippen LogP contribution in [0.5, 0.6) is 0 Å². The van der Waals surface area contributed by atoms with Gasteiger partial charge in [0.2, 0.25) is 0 Å². The Morgan fingerprint density at radius 3 is 2.78 bits per heavy atom. The average molecular weight is 337 g/mol. The molecule has 0 radical (unpaired) electrons. The Kier molecular flexibility index (Phi) is 5.87. The highest BCUT2D eigenvalue weighted by Gasteiger charge is 2.23. The van der Waals surface area contributed by atoms with Gasteiger partial charge in [0.25, 0.3) is 5.69 Å². The van der Waals surface area contributed by atoms with Crippen molar-refractivity contribution in [1.82, 2.24) is 4.90 Å². The second kappa shape index (κ2) is 7.68. The number of carbonyl (C=O) groups is 1. The quantitative estimate of drug-likeness (QED) is 0.669. The molecule has 0 aliphatic carbocycles. The van der Waals surface area contributed by atoms with Gasteiger partial charge in [0.05, 0.1) is 16.2 Å². The second-order valence-corrected chi connectivity index (χ2v) is 7.03. The van der Waals surface area contributed by atoms with E-state index in [1.54, 1.807) is 24.8 Å². The molecule has 2 rings (SSSR count). The molecule has 1 fully saturated rings. The number of amides is 2. The van der Waals surface area contributed by atoms with Gasteiger partial charge in [0.1, 0.15) is 0 Å². The zero-order chi connectivity index (χ0) is 17.0. The number of carbonyl (C=O) groups excluding carboxylic acids is 1. The van der Waals surface area contributed by atoms with Crippen LogP contribution in [0.25, 0.3) is 0 Å². The lowest BCUT2D eigenvalue weighted by Crippen LogP contribution is -2.38. The minimum Gasteiger partial charge on any atom is -0.323 e. The standard InChI is InChI=1S/C16H23N3O3S/c1-11-7-8-14(19(21)22)12(2)15(11)17-16(20)18-9-5-4-6-13(10-18)23-3/h7-8,13H,4-6,9-10H2,1-3H3,(H,17,20)/t13-/m0/s1. The third-order valence-electron chi connectivity index (χ3n) is 4.32. The largest absolute Gasteiger partial charge is 0.323 e. The van der Waals surface area contributed by atoms with Crippen LogP contribution in [0, 0.1) is 24.0 Å². The van der Waals surface area contributed by atoms with Crippen LogP contribution in [0.15, 0.2) is 12.1 Å². The van der Waals surface area contributed by atoms with Crippen LogP contribution in [0.4, 0.5) is 16.2 Å². The van der Waals surface area contributed by atoms with Gasteiger partial charge in [-0.1, -0.05) is 12.5 Å². The van der Waals surface area contributed by atoms with Crippen molar-refractivity contribution in [3.05, 3.63) is 33.4 Å². The molecular weight excluding hydrogens is 314 g/mol. The first-order valence-corrected chi connectivity index (χ1v) is 9.06. The van der Waals surface area contributed by atoms with Crippen molar-refractivity contribution in [3.8, 4) is 0 Å². The topological polar surface area (TPSA) is 75.5 Å². The van der Waals surface area contributed by atoms with E-state index >= 15 is 0 Å². The first-order chi connectivity index (χ1) is 10.9. The highest BCUT2D eigenvalue weighted by atomic mass is 32.2. The summed E-state index contributed by atoms with van der Waals surface area (Å²) in [6.07, 6.45) is 5.32. The van der Waals surface area contributed by atoms with Crippen molar-refractivity contribution in [2.45, 2.75) is 38.4 Å². The molecular formula is C16H23N3O3S. The van der Waals surface area contributed by atoms with Gasteiger partial charge < -0.3 is 10.2 Å². The van der Waals surface area contributed by atoms with Gasteiger partial charge in [-0.25, -0.2) is 4.79 Å². The van der Waals surface area contributed by atoms with Crippen LogP contribution in [0.3, 0.4) is 0 Å². The number of rotatable bonds is 3. The molecule has 7 heteroatoms. The monoisotopic (exact) mass is 337 g/mol. The fourth-order valence-corrected chi connectivity index (χ4v) is 3.62. The summed E-state index contributed by atoms with van der Waals surface area (Å²) in [5.41, 5.74) is 1.91. The Morgan fingerprint density at radius 2 is 2.13 bits per heavy atom. The van der Waals surface area contributed by atoms with Gasteiger partial charge in [0.15, 0.2) is 0 Å². The normalized spacial score (nSPS) is 18.4. The number of nitro groups is 1. The van der Waals surface area contributed by atoms with Crippen molar-refractivity contribution in [2.24, 2.45) is 0 Å². The molecule has 0 spiro atoms. The first kappa shape index (κ1) is 17.6. The van der Waals surface area contributed by atoms with Crippen LogP contribution in [0.1, 0.15) is 30.4 Å². The number of thioether (sulfide) groups is 1. The summed E-state index contributed by atoms with van der Waals surface area (Å²) in [7, 11) is 0. The molecule has 0 saturated carbocycles. The van der Waals surface area contributed by atoms with Crippen molar-refractivity contribution in [2.75, 3.05) is 24.7 Å². The van der Waals surface area contributed by atoms with Gasteiger partial charge >= 0.3 is 6.03 Å². The summed E-state index contributed by atoms with van der Waals surface area (Å²) >= 11 is 1.79. The van der Waals surface area contributed by atoms with Gasteiger partial charge in [-0.2, -0.15) is 11.8 Å². The highest BCUT2D eigenvalue weighted by Crippen LogP contribution is 2.29. The first-order valence-electron chi connectivity index (χ1n) is 7.77. The number of nitro benzene ring substituents is 1. The number of anilines is 1. The number of likely N-dealkylation sites (tertiary alicyclic amines) is 1. The summed E-state index contributed by atoms with van der Waals surface area (Å²) in [5, 5.41) is 14.4. The van der Waals surface area contributed by atoms with Crippen molar-refractivity contribution < 1.29 is 9.72 Å². The van der Waals surface area contributed by atoms with Crippen LogP contribution >= 0.6 is 11.8 Å². The molecule has 1 N–H and O–H groups in total. The number of aryl methyl sites for hydroxylation is 1. The third kappa shape index (κ3) is 4.16. The van der Waals surface area contributed by atoms with Gasteiger partial charge in [-0.15, -0.1) is 0 Å². The predicted octanol–water partition coefficient (Wildman–Crippen LogP) is 3.96. The lowest BCUT2D eigenvalue weighted by molar-refractivity contribution is -0.385. The number of hydrogen-bond donors (Lipinski definition) is 1. The average Bonchev–Trinajstić information content (AvgIpc) is 2.76. The van der Waals surface area contributed by atoms with Gasteiger partial charge in [0, 0.05) is 24.4 Å². The molecule has 0 bridgehead atoms. The Hall–Kier alpha value is -1.76. The maximum absolute atomic E-state index is 12.6. The Bertz CT molecular complexity index is 606. The third-order valence-corrected chi connectivity index (χ3v) is 5.37. The van der Waals surface area contributed by atoms with E-state index in [9.17, 15) is 14.9 Å². The highest BCUT2D eigenvalue weighted by molar-refractivity contribution is 7.99. The second-order valence-electron chi connectivity index (χ2n) is 5.89. The number of urea groups is 1. The summed E-state index contributed by atoms with van der Waals surface area (Å²) in [5.74, 6) is 0. The van der Waals surface area contributed by atoms with E-state index in [0.717, 1.165) is 37.9 Å². The molecule has 126 valence electrons. The molecule has 1 aliphatic heterocycles. The van der Waals surface area contributed by atoms with Crippen molar-refractivity contribution in [1.29, 1.82) is 0 Å². The molecule has 6 nitrogen and oxygen atoms in total. The number of nitrogens with zero attached hydrogens (tertiary/aromatic N) is 2. The predicted molar refractivity (Wildman–Crippen MR) is 94.3 cm³/mol. The van der Waals surface area contributed by atoms with Crippen LogP contribution in [-0.2, 0) is 0 Å². The zero-order valence-electron chi connectivity index (χ0n) is 13.8. The fraction of sp³-hybridized carbons (Fsp3) is 0.562. The van der Waals surface area contributed by atoms with E-state index in [4.69, 9.17) is 0 Å². The summed E-state index contributed by atoms with van der Waals surface area (Å²) in [6, 6.07) is 2.99. The number of nitrogens with one attached hydrogen (secondary N) is 1. The summed E-state index contributed by atoms with van der Waals surface area (Å²) < 4.78 is 0. The zero-order valence-corrected chi connectivity index (χ0v) is 14.6. The molecule has 0 unspecified atom stereocenters. The minimum atomic E-state index is -0.417. The van der Waals surface area contributed by atoms with Crippen LogP contribution < -0.4 is 5.32 Å². The Balaban J connectivity index is 2.19. The van der Waals surface area contributed by atoms with E-state index in [1.165, 1.54) is 6.07 Å². The van der Waals surface area contributed by atoms with Gasteiger partial charge in [-0.05, 0) is 38.5 Å². The van der Waals surface area contributed by atoms with E-state index in [0.29, 0.717) is 16.5 Å². The van der Waals surface area contributed by atoms with Crippen molar-refractivity contribution in [3.63, 3.8) is 0 Å². The molecule has 1 aromatic rings. The number of benzene rings is 1. The number of hydrogen-bond acceptors (Lipinski definition) is 4. The molecule has 1 saturated heterocycles. The lowest BCUT2D eigenvalue weighted by Gasteiger charge is -2.24. The molecule has 2 amide bonds. The molecule has 23 heavy (non-hydrogen) atoms. The van der Waals surface area contributed by atoms with Crippen molar-refractivity contribution >= 4 is 29.2 Å². The summed E-state index contributed by atoms with van der Waals surface area (Å²) in [4.78, 5) is 25.1. The maximum Gasteiger partial charge on any atom is 0.321 e. The van der Waals surface area contributed by atoms with E-state index < -0.39 is 4.92 Å². The van der Waals surface area contributed by atoms with E-state index in [-0.39, 0.29) is 11.7 Å². The van der Waals surface area contributed by atoms with Crippen LogP contribution in [0.2, 0.25) is 0 Å². The smallest absolute Gasteiger partial charge is 0.321 e. The van der Waals surface area contributed by atoms with Crippen LogP contribution in [-0.4, -0.2) is 40.4 Å². The lowest BCUT2D eigenvalue weighted by atomic mass is 10.1. The molecule has 1 heterocycles. The molecule has 1 atom stereocenters. The summed E-state index contributed by atoms with van der Waals surface area (Å²) in [6.45, 7) is 4.98. The minimum absolute atomic E-state index is 0.0313. The SMILES string of the molecule is CS[C@H]1CCCCN(C(=O)Nc2c(C)ccc([N+](=O)[O-])c2C)C1. The van der Waals surface area contributed by atoms with Gasteiger partial charge in [-0.3, -0.25) is 10.1 Å². The maximum atomic E-state index is 12.6.